The zero-order chi connectivity index (χ0) is 14.1. The fourth-order valence-electron chi connectivity index (χ4n) is 3.13. The molecule has 2 N–H and O–H groups in total. The number of anilines is 1. The Morgan fingerprint density at radius 3 is 2.70 bits per heavy atom. The van der Waals surface area contributed by atoms with Crippen LogP contribution in [0.1, 0.15) is 36.5 Å². The lowest BCUT2D eigenvalue weighted by atomic mass is 10.0. The molecule has 1 fully saturated rings. The number of hydrogen-bond donors (Lipinski definition) is 1. The van der Waals surface area contributed by atoms with E-state index in [4.69, 9.17) is 5.73 Å². The molecule has 1 heterocycles. The van der Waals surface area contributed by atoms with Crippen molar-refractivity contribution in [3.8, 4) is 0 Å². The molecule has 0 bridgehead atoms. The molecule has 3 heteroatoms. The molecule has 2 aromatic carbocycles. The van der Waals surface area contributed by atoms with Crippen molar-refractivity contribution in [2.24, 2.45) is 0 Å². The van der Waals surface area contributed by atoms with Crippen LogP contribution in [0.3, 0.4) is 0 Å². The van der Waals surface area contributed by atoms with E-state index in [1.807, 2.05) is 41.3 Å². The molecular formula is C17H20N2O. The minimum atomic E-state index is 0.0811. The maximum atomic E-state index is 12.7. The lowest BCUT2D eigenvalue weighted by molar-refractivity contribution is 0.0735. The minimum Gasteiger partial charge on any atom is -0.398 e. The number of nitrogens with two attached hydrogens (primary N) is 1. The van der Waals surface area contributed by atoms with E-state index in [0.29, 0.717) is 17.3 Å². The number of rotatable bonds is 2. The van der Waals surface area contributed by atoms with Gasteiger partial charge in [0.05, 0.1) is 5.56 Å². The summed E-state index contributed by atoms with van der Waals surface area (Å²) in [4.78, 5) is 14.7. The zero-order valence-electron chi connectivity index (χ0n) is 11.8. The first-order valence-electron chi connectivity index (χ1n) is 7.30. The third kappa shape index (κ3) is 2.13. The topological polar surface area (TPSA) is 46.3 Å². The third-order valence-electron chi connectivity index (χ3n) is 4.26. The van der Waals surface area contributed by atoms with Gasteiger partial charge in [0.15, 0.2) is 0 Å². The molecule has 20 heavy (non-hydrogen) atoms. The van der Waals surface area contributed by atoms with E-state index >= 15 is 0 Å². The van der Waals surface area contributed by atoms with Crippen molar-refractivity contribution < 1.29 is 4.79 Å². The van der Waals surface area contributed by atoms with Gasteiger partial charge in [-0.1, -0.05) is 31.2 Å². The van der Waals surface area contributed by atoms with Gasteiger partial charge in [0.25, 0.3) is 5.91 Å². The molecule has 3 rings (SSSR count). The van der Waals surface area contributed by atoms with Crippen LogP contribution in [0.2, 0.25) is 0 Å². The molecular weight excluding hydrogens is 248 g/mol. The van der Waals surface area contributed by atoms with E-state index in [1.54, 1.807) is 0 Å². The molecule has 0 aliphatic carbocycles. The standard InChI is InChI=1S/C17H20N2O/c1-2-14-8-5-9-19(14)17(20)15-10-12-6-3-4-7-13(12)11-16(15)18/h3-4,6-7,10-11,14H,2,5,8-9,18H2,1H3. The Hall–Kier alpha value is -2.03. The maximum absolute atomic E-state index is 12.7. The fraction of sp³-hybridized carbons (Fsp3) is 0.353. The van der Waals surface area contributed by atoms with Crippen LogP contribution in [0.5, 0.6) is 0 Å². The second-order valence-corrected chi connectivity index (χ2v) is 5.49. The first-order chi connectivity index (χ1) is 9.70. The molecule has 0 spiro atoms. The van der Waals surface area contributed by atoms with Gasteiger partial charge in [-0.2, -0.15) is 0 Å². The first kappa shape index (κ1) is 13.0. The quantitative estimate of drug-likeness (QED) is 0.848. The van der Waals surface area contributed by atoms with Gasteiger partial charge in [-0.3, -0.25) is 4.79 Å². The molecule has 1 atom stereocenters. The summed E-state index contributed by atoms with van der Waals surface area (Å²) < 4.78 is 0. The molecule has 1 saturated heterocycles. The summed E-state index contributed by atoms with van der Waals surface area (Å²) in [5, 5.41) is 2.15. The molecule has 2 aromatic rings. The lowest BCUT2D eigenvalue weighted by Gasteiger charge is -2.24. The third-order valence-corrected chi connectivity index (χ3v) is 4.26. The van der Waals surface area contributed by atoms with Crippen molar-refractivity contribution in [3.05, 3.63) is 42.0 Å². The van der Waals surface area contributed by atoms with Crippen molar-refractivity contribution >= 4 is 22.4 Å². The second kappa shape index (κ2) is 5.16. The Bertz CT molecular complexity index is 650. The van der Waals surface area contributed by atoms with E-state index < -0.39 is 0 Å². The van der Waals surface area contributed by atoms with Crippen molar-refractivity contribution in [2.45, 2.75) is 32.2 Å². The summed E-state index contributed by atoms with van der Waals surface area (Å²) in [5.41, 5.74) is 7.32. The molecule has 1 aliphatic rings. The van der Waals surface area contributed by atoms with E-state index in [1.165, 1.54) is 0 Å². The number of nitrogen functional groups attached to an aromatic ring is 1. The summed E-state index contributed by atoms with van der Waals surface area (Å²) in [5.74, 6) is 0.0811. The van der Waals surface area contributed by atoms with Gasteiger partial charge >= 0.3 is 0 Å². The van der Waals surface area contributed by atoms with Gasteiger partial charge < -0.3 is 10.6 Å². The Balaban J connectivity index is 2.01. The second-order valence-electron chi connectivity index (χ2n) is 5.49. The van der Waals surface area contributed by atoms with Crippen LogP contribution < -0.4 is 5.73 Å². The van der Waals surface area contributed by atoms with E-state index in [2.05, 4.69) is 6.92 Å². The van der Waals surface area contributed by atoms with Crippen LogP contribution in [0, 0.1) is 0 Å². The summed E-state index contributed by atoms with van der Waals surface area (Å²) in [6, 6.07) is 12.2. The monoisotopic (exact) mass is 268 g/mol. The van der Waals surface area contributed by atoms with E-state index in [9.17, 15) is 4.79 Å². The number of nitrogens with zero attached hydrogens (tertiary/aromatic N) is 1. The molecule has 0 radical (unpaired) electrons. The van der Waals surface area contributed by atoms with Gasteiger partial charge in [-0.15, -0.1) is 0 Å². The Labute approximate surface area is 119 Å². The van der Waals surface area contributed by atoms with Crippen LogP contribution in [-0.4, -0.2) is 23.4 Å². The van der Waals surface area contributed by atoms with Gasteiger partial charge in [0.2, 0.25) is 0 Å². The summed E-state index contributed by atoms with van der Waals surface area (Å²) in [6.45, 7) is 2.99. The van der Waals surface area contributed by atoms with Crippen LogP contribution in [0.25, 0.3) is 10.8 Å². The highest BCUT2D eigenvalue weighted by molar-refractivity contribution is 6.04. The molecule has 3 nitrogen and oxygen atoms in total. The average molecular weight is 268 g/mol. The van der Waals surface area contributed by atoms with Crippen LogP contribution in [-0.2, 0) is 0 Å². The zero-order valence-corrected chi connectivity index (χ0v) is 11.8. The van der Waals surface area contributed by atoms with Crippen LogP contribution in [0.15, 0.2) is 36.4 Å². The summed E-state index contributed by atoms with van der Waals surface area (Å²) in [6.07, 6.45) is 3.21. The van der Waals surface area contributed by atoms with Crippen LogP contribution in [0.4, 0.5) is 5.69 Å². The van der Waals surface area contributed by atoms with Gasteiger partial charge in [0, 0.05) is 18.3 Å². The fourth-order valence-corrected chi connectivity index (χ4v) is 3.13. The van der Waals surface area contributed by atoms with Crippen molar-refractivity contribution in [2.75, 3.05) is 12.3 Å². The highest BCUT2D eigenvalue weighted by Crippen LogP contribution is 2.27. The molecule has 0 aromatic heterocycles. The number of hydrogen-bond acceptors (Lipinski definition) is 2. The maximum Gasteiger partial charge on any atom is 0.256 e. The predicted octanol–water partition coefficient (Wildman–Crippen LogP) is 3.44. The normalized spacial score (nSPS) is 18.6. The summed E-state index contributed by atoms with van der Waals surface area (Å²) in [7, 11) is 0. The molecule has 0 saturated carbocycles. The minimum absolute atomic E-state index is 0.0811. The summed E-state index contributed by atoms with van der Waals surface area (Å²) >= 11 is 0. The smallest absolute Gasteiger partial charge is 0.256 e. The Morgan fingerprint density at radius 1 is 1.30 bits per heavy atom. The average Bonchev–Trinajstić information content (AvgIpc) is 2.94. The van der Waals surface area contributed by atoms with Crippen molar-refractivity contribution in [3.63, 3.8) is 0 Å². The Morgan fingerprint density at radius 2 is 2.00 bits per heavy atom. The number of amides is 1. The van der Waals surface area contributed by atoms with Gasteiger partial charge in [0.1, 0.15) is 0 Å². The predicted molar refractivity (Wildman–Crippen MR) is 82.7 cm³/mol. The number of benzene rings is 2. The largest absolute Gasteiger partial charge is 0.398 e. The van der Waals surface area contributed by atoms with Gasteiger partial charge in [-0.25, -0.2) is 0 Å². The SMILES string of the molecule is CCC1CCCN1C(=O)c1cc2ccccc2cc1N. The highest BCUT2D eigenvalue weighted by atomic mass is 16.2. The number of carbonyl (C=O) groups is 1. The molecule has 104 valence electrons. The van der Waals surface area contributed by atoms with E-state index in [-0.39, 0.29) is 5.91 Å². The van der Waals surface area contributed by atoms with Crippen molar-refractivity contribution in [1.29, 1.82) is 0 Å². The van der Waals surface area contributed by atoms with E-state index in [0.717, 1.165) is 36.6 Å². The highest BCUT2D eigenvalue weighted by Gasteiger charge is 2.29. The number of fused-ring (bicyclic) bond motifs is 1. The van der Waals surface area contributed by atoms with Crippen molar-refractivity contribution in [1.82, 2.24) is 4.90 Å². The molecule has 1 amide bonds. The number of carbonyl (C=O) groups excluding carboxylic acids is 1. The molecule has 1 unspecified atom stereocenters. The van der Waals surface area contributed by atoms with Gasteiger partial charge in [-0.05, 0) is 42.2 Å². The number of likely N-dealkylation sites (tertiary alicyclic amines) is 1. The lowest BCUT2D eigenvalue weighted by Crippen LogP contribution is -2.35. The molecule has 1 aliphatic heterocycles. The first-order valence-corrected chi connectivity index (χ1v) is 7.30. The van der Waals surface area contributed by atoms with Crippen LogP contribution >= 0.6 is 0 Å². The Kier molecular flexibility index (Phi) is 3.35.